The predicted molar refractivity (Wildman–Crippen MR) is 93.0 cm³/mol. The van der Waals surface area contributed by atoms with Crippen molar-refractivity contribution in [3.05, 3.63) is 23.8 Å². The molecule has 0 aromatic heterocycles. The van der Waals surface area contributed by atoms with E-state index in [2.05, 4.69) is 5.32 Å². The van der Waals surface area contributed by atoms with E-state index in [0.29, 0.717) is 49.7 Å². The molecule has 136 valence electrons. The number of amides is 1. The first-order chi connectivity index (χ1) is 12.1. The van der Waals surface area contributed by atoms with Gasteiger partial charge in [0.15, 0.2) is 0 Å². The third-order valence-corrected chi connectivity index (χ3v) is 5.56. The van der Waals surface area contributed by atoms with E-state index in [1.807, 2.05) is 11.8 Å². The highest BCUT2D eigenvalue weighted by atomic mass is 16.5. The van der Waals surface area contributed by atoms with Crippen molar-refractivity contribution >= 4 is 5.91 Å². The van der Waals surface area contributed by atoms with Gasteiger partial charge in [-0.15, -0.1) is 0 Å². The highest BCUT2D eigenvalue weighted by Crippen LogP contribution is 2.39. The Hall–Kier alpha value is -1.79. The first-order valence-corrected chi connectivity index (χ1v) is 9.23. The van der Waals surface area contributed by atoms with E-state index in [1.54, 1.807) is 6.07 Å². The van der Waals surface area contributed by atoms with Crippen molar-refractivity contribution in [1.29, 1.82) is 0 Å². The van der Waals surface area contributed by atoms with Gasteiger partial charge in [0.25, 0.3) is 5.91 Å². The van der Waals surface area contributed by atoms with Gasteiger partial charge >= 0.3 is 0 Å². The number of nitrogens with zero attached hydrogens (tertiary/aromatic N) is 1. The Kier molecular flexibility index (Phi) is 4.33. The highest BCUT2D eigenvalue weighted by molar-refractivity contribution is 5.95. The van der Waals surface area contributed by atoms with E-state index in [9.17, 15) is 9.90 Å². The third-order valence-electron chi connectivity index (χ3n) is 5.56. The second-order valence-corrected chi connectivity index (χ2v) is 7.45. The molecule has 1 amide bonds. The molecule has 3 fully saturated rings. The molecule has 1 aromatic rings. The number of phenolic OH excluding ortho intramolecular Hbond substituents is 1. The Bertz CT molecular complexity index is 651. The number of rotatable bonds is 3. The van der Waals surface area contributed by atoms with Crippen LogP contribution in [0, 0.1) is 0 Å². The minimum absolute atomic E-state index is 0.0529. The van der Waals surface area contributed by atoms with Crippen LogP contribution in [0.3, 0.4) is 0 Å². The molecular formula is C19H26N2O4. The number of hydrogen-bond acceptors (Lipinski definition) is 5. The first-order valence-electron chi connectivity index (χ1n) is 9.23. The smallest absolute Gasteiger partial charge is 0.254 e. The van der Waals surface area contributed by atoms with Crippen LogP contribution in [0.5, 0.6) is 11.5 Å². The van der Waals surface area contributed by atoms with Crippen molar-refractivity contribution in [2.24, 2.45) is 0 Å². The third kappa shape index (κ3) is 3.33. The lowest BCUT2D eigenvalue weighted by Gasteiger charge is -2.47. The number of benzene rings is 1. The summed E-state index contributed by atoms with van der Waals surface area (Å²) in [7, 11) is 0. The molecule has 6 heteroatoms. The Balaban J connectivity index is 1.52. The zero-order valence-electron chi connectivity index (χ0n) is 14.7. The Morgan fingerprint density at radius 1 is 1.36 bits per heavy atom. The lowest BCUT2D eigenvalue weighted by molar-refractivity contribution is -0.122. The van der Waals surface area contributed by atoms with Gasteiger partial charge in [-0.2, -0.15) is 0 Å². The zero-order valence-corrected chi connectivity index (χ0v) is 14.7. The average Bonchev–Trinajstić information content (AvgIpc) is 2.93. The molecule has 1 spiro atoms. The predicted octanol–water partition coefficient (Wildman–Crippen LogP) is 1.92. The summed E-state index contributed by atoms with van der Waals surface area (Å²) in [6, 6.07) is 5.78. The number of morpholine rings is 1. The molecule has 0 aliphatic carbocycles. The van der Waals surface area contributed by atoms with Crippen LogP contribution in [0.15, 0.2) is 18.2 Å². The van der Waals surface area contributed by atoms with Gasteiger partial charge in [-0.3, -0.25) is 4.79 Å². The van der Waals surface area contributed by atoms with Crippen LogP contribution in [-0.2, 0) is 4.74 Å². The normalized spacial score (nSPS) is 31.3. The first kappa shape index (κ1) is 16.7. The molecule has 2 N–H and O–H groups in total. The number of carbonyl (C=O) groups is 1. The van der Waals surface area contributed by atoms with E-state index >= 15 is 0 Å². The van der Waals surface area contributed by atoms with E-state index in [4.69, 9.17) is 9.47 Å². The molecule has 3 atom stereocenters. The van der Waals surface area contributed by atoms with Crippen molar-refractivity contribution in [3.63, 3.8) is 0 Å². The molecule has 25 heavy (non-hydrogen) atoms. The number of phenols is 1. The quantitative estimate of drug-likeness (QED) is 0.875. The lowest BCUT2D eigenvalue weighted by Crippen LogP contribution is -2.60. The van der Waals surface area contributed by atoms with Crippen LogP contribution in [0.2, 0.25) is 0 Å². The van der Waals surface area contributed by atoms with Crippen LogP contribution in [-0.4, -0.2) is 59.9 Å². The Morgan fingerprint density at radius 2 is 2.12 bits per heavy atom. The summed E-state index contributed by atoms with van der Waals surface area (Å²) in [6.45, 7) is 4.15. The molecule has 0 saturated carbocycles. The van der Waals surface area contributed by atoms with Gasteiger partial charge in [0.05, 0.1) is 25.4 Å². The molecule has 4 rings (SSSR count). The summed E-state index contributed by atoms with van der Waals surface area (Å²) in [5, 5.41) is 13.5. The maximum atomic E-state index is 13.0. The molecule has 3 aliphatic heterocycles. The monoisotopic (exact) mass is 346 g/mol. The van der Waals surface area contributed by atoms with Gasteiger partial charge in [-0.05, 0) is 44.7 Å². The molecular weight excluding hydrogens is 320 g/mol. The lowest BCUT2D eigenvalue weighted by atomic mass is 9.85. The molecule has 6 nitrogen and oxygen atoms in total. The largest absolute Gasteiger partial charge is 0.508 e. The fraction of sp³-hybridized carbons (Fsp3) is 0.632. The van der Waals surface area contributed by atoms with Crippen molar-refractivity contribution in [3.8, 4) is 11.5 Å². The van der Waals surface area contributed by atoms with Gasteiger partial charge < -0.3 is 24.8 Å². The number of carbonyl (C=O) groups excluding carboxylic acids is 1. The molecule has 0 radical (unpaired) electrons. The van der Waals surface area contributed by atoms with Crippen LogP contribution >= 0.6 is 0 Å². The van der Waals surface area contributed by atoms with E-state index in [1.165, 1.54) is 25.0 Å². The number of nitrogens with one attached hydrogen (secondary N) is 1. The summed E-state index contributed by atoms with van der Waals surface area (Å²) in [5.41, 5.74) is 0.252. The minimum Gasteiger partial charge on any atom is -0.508 e. The molecule has 3 heterocycles. The van der Waals surface area contributed by atoms with Crippen LogP contribution in [0.25, 0.3) is 0 Å². The van der Waals surface area contributed by atoms with Gasteiger partial charge in [0.1, 0.15) is 11.5 Å². The number of ether oxygens (including phenoxy) is 2. The summed E-state index contributed by atoms with van der Waals surface area (Å²) in [6.07, 6.45) is 4.34. The van der Waals surface area contributed by atoms with Crippen molar-refractivity contribution in [2.45, 2.75) is 50.3 Å². The fourth-order valence-electron chi connectivity index (χ4n) is 4.61. The molecule has 3 aliphatic rings. The molecule has 2 bridgehead atoms. The van der Waals surface area contributed by atoms with Crippen LogP contribution in [0.4, 0.5) is 0 Å². The topological polar surface area (TPSA) is 71.0 Å². The van der Waals surface area contributed by atoms with E-state index < -0.39 is 0 Å². The highest BCUT2D eigenvalue weighted by Gasteiger charge is 2.47. The summed E-state index contributed by atoms with van der Waals surface area (Å²) in [5.74, 6) is 0.510. The zero-order chi connectivity index (χ0) is 17.4. The van der Waals surface area contributed by atoms with Gasteiger partial charge in [-0.1, -0.05) is 0 Å². The second kappa shape index (κ2) is 6.50. The van der Waals surface area contributed by atoms with Gasteiger partial charge in [0.2, 0.25) is 0 Å². The Labute approximate surface area is 148 Å². The van der Waals surface area contributed by atoms with Crippen LogP contribution in [0.1, 0.15) is 43.0 Å². The van der Waals surface area contributed by atoms with E-state index in [-0.39, 0.29) is 17.3 Å². The van der Waals surface area contributed by atoms with Crippen molar-refractivity contribution in [2.75, 3.05) is 26.3 Å². The summed E-state index contributed by atoms with van der Waals surface area (Å²) in [4.78, 5) is 14.9. The SMILES string of the molecule is CCOc1cc(O)cc(C(=O)N2CCOC3(C[C@H]4CC[C@@H](C3)N4)C2)c1. The maximum absolute atomic E-state index is 13.0. The number of fused-ring (bicyclic) bond motifs is 2. The maximum Gasteiger partial charge on any atom is 0.254 e. The molecule has 3 saturated heterocycles. The van der Waals surface area contributed by atoms with Crippen molar-refractivity contribution in [1.82, 2.24) is 10.2 Å². The average molecular weight is 346 g/mol. The van der Waals surface area contributed by atoms with Gasteiger partial charge in [0, 0.05) is 30.3 Å². The minimum atomic E-state index is -0.218. The fourth-order valence-corrected chi connectivity index (χ4v) is 4.61. The Morgan fingerprint density at radius 3 is 2.84 bits per heavy atom. The summed E-state index contributed by atoms with van der Waals surface area (Å²) < 4.78 is 11.6. The second-order valence-electron chi connectivity index (χ2n) is 7.45. The number of piperidine rings is 1. The number of hydrogen-bond donors (Lipinski definition) is 2. The standard InChI is InChI=1S/C19H26N2O4/c1-2-24-17-8-13(7-16(22)9-17)18(23)21-5-6-25-19(12-21)10-14-3-4-15(11-19)20-14/h7-9,14-15,20,22H,2-6,10-12H2,1H3/t14-,15+,19?. The van der Waals surface area contributed by atoms with Crippen LogP contribution < -0.4 is 10.1 Å². The van der Waals surface area contributed by atoms with E-state index in [0.717, 1.165) is 12.8 Å². The molecule has 1 unspecified atom stereocenters. The van der Waals surface area contributed by atoms with Crippen molar-refractivity contribution < 1.29 is 19.4 Å². The number of aromatic hydroxyl groups is 1. The van der Waals surface area contributed by atoms with Gasteiger partial charge in [-0.25, -0.2) is 0 Å². The molecule has 1 aromatic carbocycles. The summed E-state index contributed by atoms with van der Waals surface area (Å²) >= 11 is 0.